The molecule has 1 unspecified atom stereocenters. The largest absolute Gasteiger partial charge is 0.465 e. The number of nitrogens with one attached hydrogen (secondary N) is 1. The number of benzene rings is 1. The molecule has 0 saturated heterocycles. The molecule has 8 heteroatoms. The van der Waals surface area contributed by atoms with E-state index >= 15 is 0 Å². The van der Waals surface area contributed by atoms with Crippen molar-refractivity contribution < 1.29 is 23.8 Å². The molecule has 178 valence electrons. The van der Waals surface area contributed by atoms with Crippen LogP contribution in [0.5, 0.6) is 0 Å². The fourth-order valence-corrected chi connectivity index (χ4v) is 4.29. The number of aryl methyl sites for hydroxylation is 1. The molecule has 0 saturated carbocycles. The Morgan fingerprint density at radius 3 is 2.67 bits per heavy atom. The van der Waals surface area contributed by atoms with Gasteiger partial charge in [0.2, 0.25) is 0 Å². The quantitative estimate of drug-likeness (QED) is 0.531. The fraction of sp³-hybridized carbons (Fsp3) is 0.480. The van der Waals surface area contributed by atoms with Crippen molar-refractivity contribution in [1.82, 2.24) is 4.98 Å². The summed E-state index contributed by atoms with van der Waals surface area (Å²) in [4.78, 5) is 30.0. The fourth-order valence-electron chi connectivity index (χ4n) is 4.11. The van der Waals surface area contributed by atoms with Crippen LogP contribution in [-0.2, 0) is 30.8 Å². The lowest BCUT2D eigenvalue weighted by Gasteiger charge is -2.26. The summed E-state index contributed by atoms with van der Waals surface area (Å²) in [5, 5.41) is 3.33. The minimum absolute atomic E-state index is 0.268. The van der Waals surface area contributed by atoms with E-state index in [1.54, 1.807) is 59.2 Å². The summed E-state index contributed by atoms with van der Waals surface area (Å²) in [6, 6.07) is 7.21. The standard InChI is InChI=1S/C25H31ClN2O5/c1-6-32-22(29)25(11-12-31-5)10-9-16-13-17(15-27-21(16)25)19-14-18(26)7-8-20(19)28-23(30)33-24(2,3)4/h7-8,13-15H,6,9-12H2,1-5H3,(H,28,30). The zero-order valence-corrected chi connectivity index (χ0v) is 20.5. The van der Waals surface area contributed by atoms with Crippen LogP contribution in [0.1, 0.15) is 51.8 Å². The van der Waals surface area contributed by atoms with Gasteiger partial charge in [0.05, 0.1) is 18.0 Å². The van der Waals surface area contributed by atoms with Crippen molar-refractivity contribution in [2.75, 3.05) is 25.6 Å². The van der Waals surface area contributed by atoms with E-state index in [4.69, 9.17) is 30.8 Å². The van der Waals surface area contributed by atoms with E-state index in [0.29, 0.717) is 48.7 Å². The van der Waals surface area contributed by atoms with Crippen molar-refractivity contribution in [2.24, 2.45) is 0 Å². The number of halogens is 1. The van der Waals surface area contributed by atoms with E-state index in [-0.39, 0.29) is 5.97 Å². The molecule has 2 aromatic rings. The first-order valence-electron chi connectivity index (χ1n) is 11.0. The van der Waals surface area contributed by atoms with Crippen LogP contribution in [-0.4, -0.2) is 43.0 Å². The van der Waals surface area contributed by atoms with Crippen molar-refractivity contribution >= 4 is 29.4 Å². The molecule has 1 aliphatic rings. The van der Waals surface area contributed by atoms with Gasteiger partial charge in [0.25, 0.3) is 0 Å². The van der Waals surface area contributed by atoms with Crippen molar-refractivity contribution in [3.8, 4) is 11.1 Å². The van der Waals surface area contributed by atoms with Gasteiger partial charge in [-0.25, -0.2) is 4.79 Å². The normalized spacial score (nSPS) is 17.4. The van der Waals surface area contributed by atoms with Gasteiger partial charge in [-0.2, -0.15) is 0 Å². The number of anilines is 1. The highest BCUT2D eigenvalue weighted by Crippen LogP contribution is 2.43. The van der Waals surface area contributed by atoms with Gasteiger partial charge in [0.15, 0.2) is 0 Å². The van der Waals surface area contributed by atoms with Crippen LogP contribution in [0, 0.1) is 0 Å². The minimum Gasteiger partial charge on any atom is -0.465 e. The first-order chi connectivity index (χ1) is 15.6. The SMILES string of the molecule is CCOC(=O)C1(CCOC)CCc2cc(-c3cc(Cl)ccc3NC(=O)OC(C)(C)C)cnc21. The lowest BCUT2D eigenvalue weighted by molar-refractivity contribution is -0.151. The molecular weight excluding hydrogens is 444 g/mol. The number of pyridine rings is 1. The van der Waals surface area contributed by atoms with Gasteiger partial charge in [-0.1, -0.05) is 11.6 Å². The van der Waals surface area contributed by atoms with E-state index in [2.05, 4.69) is 5.32 Å². The number of ether oxygens (including phenoxy) is 3. The third-order valence-electron chi connectivity index (χ3n) is 5.57. The van der Waals surface area contributed by atoms with E-state index in [1.165, 1.54) is 0 Å². The maximum Gasteiger partial charge on any atom is 0.412 e. The summed E-state index contributed by atoms with van der Waals surface area (Å²) in [6.45, 7) is 7.95. The van der Waals surface area contributed by atoms with Gasteiger partial charge >= 0.3 is 12.1 Å². The Hall–Kier alpha value is -2.64. The number of methoxy groups -OCH3 is 1. The number of rotatable bonds is 7. The van der Waals surface area contributed by atoms with Gasteiger partial charge in [0.1, 0.15) is 11.0 Å². The number of hydrogen-bond acceptors (Lipinski definition) is 6. The molecule has 1 atom stereocenters. The van der Waals surface area contributed by atoms with Crippen molar-refractivity contribution in [3.05, 3.63) is 46.7 Å². The third kappa shape index (κ3) is 5.65. The summed E-state index contributed by atoms with van der Waals surface area (Å²) in [5.74, 6) is -0.268. The van der Waals surface area contributed by atoms with Gasteiger partial charge in [-0.05, 0) is 76.8 Å². The monoisotopic (exact) mass is 474 g/mol. The average molecular weight is 475 g/mol. The Balaban J connectivity index is 1.98. The molecule has 1 heterocycles. The number of aromatic nitrogens is 1. The van der Waals surface area contributed by atoms with Crippen LogP contribution in [0.2, 0.25) is 5.02 Å². The van der Waals surface area contributed by atoms with E-state index < -0.39 is 17.1 Å². The molecule has 33 heavy (non-hydrogen) atoms. The van der Waals surface area contributed by atoms with Crippen LogP contribution in [0.25, 0.3) is 11.1 Å². The van der Waals surface area contributed by atoms with E-state index in [9.17, 15) is 9.59 Å². The number of hydrogen-bond donors (Lipinski definition) is 1. The highest BCUT2D eigenvalue weighted by atomic mass is 35.5. The highest BCUT2D eigenvalue weighted by Gasteiger charge is 2.47. The first-order valence-corrected chi connectivity index (χ1v) is 11.4. The lowest BCUT2D eigenvalue weighted by atomic mass is 9.81. The molecule has 1 aliphatic carbocycles. The topological polar surface area (TPSA) is 86.8 Å². The van der Waals surface area contributed by atoms with Crippen molar-refractivity contribution in [1.29, 1.82) is 0 Å². The number of esters is 1. The van der Waals surface area contributed by atoms with Crippen LogP contribution in [0.4, 0.5) is 10.5 Å². The maximum atomic E-state index is 12.9. The predicted octanol–water partition coefficient (Wildman–Crippen LogP) is 5.53. The molecule has 0 bridgehead atoms. The number of carbonyl (C=O) groups is 2. The second kappa shape index (κ2) is 10.1. The van der Waals surface area contributed by atoms with Gasteiger partial charge in [-0.15, -0.1) is 0 Å². The van der Waals surface area contributed by atoms with Crippen LogP contribution in [0.3, 0.4) is 0 Å². The Labute approximate surface area is 199 Å². The third-order valence-corrected chi connectivity index (χ3v) is 5.80. The van der Waals surface area contributed by atoms with Gasteiger partial charge < -0.3 is 14.2 Å². The number of carbonyl (C=O) groups excluding carboxylic acids is 2. The van der Waals surface area contributed by atoms with E-state index in [0.717, 1.165) is 16.8 Å². The Morgan fingerprint density at radius 1 is 1.24 bits per heavy atom. The molecule has 1 aromatic carbocycles. The van der Waals surface area contributed by atoms with Crippen LogP contribution < -0.4 is 5.32 Å². The zero-order chi connectivity index (χ0) is 24.2. The number of fused-ring (bicyclic) bond motifs is 1. The Kier molecular flexibility index (Phi) is 7.65. The summed E-state index contributed by atoms with van der Waals surface area (Å²) < 4.78 is 16.1. The molecule has 0 fully saturated rings. The van der Waals surface area contributed by atoms with Gasteiger partial charge in [0, 0.05) is 36.1 Å². The molecule has 7 nitrogen and oxygen atoms in total. The van der Waals surface area contributed by atoms with Crippen molar-refractivity contribution in [2.45, 2.75) is 58.0 Å². The van der Waals surface area contributed by atoms with Crippen LogP contribution in [0.15, 0.2) is 30.5 Å². The van der Waals surface area contributed by atoms with Crippen molar-refractivity contribution in [3.63, 3.8) is 0 Å². The van der Waals surface area contributed by atoms with Gasteiger partial charge in [-0.3, -0.25) is 15.1 Å². The molecule has 1 aromatic heterocycles. The second-order valence-corrected chi connectivity index (χ2v) is 9.53. The predicted molar refractivity (Wildman–Crippen MR) is 128 cm³/mol. The smallest absolute Gasteiger partial charge is 0.412 e. The summed E-state index contributed by atoms with van der Waals surface area (Å²) in [5.41, 5.74) is 2.33. The summed E-state index contributed by atoms with van der Waals surface area (Å²) in [7, 11) is 1.61. The number of nitrogens with zero attached hydrogens (tertiary/aromatic N) is 1. The lowest BCUT2D eigenvalue weighted by Crippen LogP contribution is -2.37. The summed E-state index contributed by atoms with van der Waals surface area (Å²) >= 11 is 6.27. The van der Waals surface area contributed by atoms with Crippen LogP contribution >= 0.6 is 11.6 Å². The molecule has 3 rings (SSSR count). The zero-order valence-electron chi connectivity index (χ0n) is 19.8. The highest BCUT2D eigenvalue weighted by molar-refractivity contribution is 6.31. The molecule has 0 spiro atoms. The summed E-state index contributed by atoms with van der Waals surface area (Å²) in [6.07, 6.45) is 2.95. The second-order valence-electron chi connectivity index (χ2n) is 9.09. The average Bonchev–Trinajstić information content (AvgIpc) is 3.11. The Bertz CT molecular complexity index is 1030. The first kappa shape index (κ1) is 25.0. The minimum atomic E-state index is -0.814. The molecule has 0 aliphatic heterocycles. The molecule has 0 radical (unpaired) electrons. The van der Waals surface area contributed by atoms with E-state index in [1.807, 2.05) is 6.07 Å². The molecule has 1 amide bonds. The Morgan fingerprint density at radius 2 is 2.00 bits per heavy atom. The number of amides is 1. The molecule has 1 N–H and O–H groups in total. The molecular formula is C25H31ClN2O5. The maximum absolute atomic E-state index is 12.9.